The quantitative estimate of drug-likeness (QED) is 0.0990. The summed E-state index contributed by atoms with van der Waals surface area (Å²) in [5.41, 5.74) is 12.8. The Labute approximate surface area is 259 Å². The van der Waals surface area contributed by atoms with Crippen LogP contribution >= 0.6 is 0 Å². The largest absolute Gasteiger partial charge is 0.413 e. The first-order valence-electron chi connectivity index (χ1n) is 17.2. The Hall–Kier alpha value is -0.813. The second kappa shape index (κ2) is 10.9. The van der Waals surface area contributed by atoms with Crippen molar-refractivity contribution in [3.63, 3.8) is 0 Å². The van der Waals surface area contributed by atoms with Gasteiger partial charge in [-0.05, 0) is 141 Å². The Kier molecular flexibility index (Phi) is 8.85. The van der Waals surface area contributed by atoms with Gasteiger partial charge >= 0.3 is 0 Å². The normalized spacial score (nSPS) is 38.2. The van der Waals surface area contributed by atoms with Crippen molar-refractivity contribution in [2.24, 2.45) is 44.5 Å². The molecule has 0 aromatic heterocycles. The summed E-state index contributed by atoms with van der Waals surface area (Å²) < 4.78 is 7.19. The molecule has 0 aliphatic heterocycles. The van der Waals surface area contributed by atoms with Crippen molar-refractivity contribution in [2.45, 2.75) is 176 Å². The van der Waals surface area contributed by atoms with Crippen molar-refractivity contribution in [2.75, 3.05) is 0 Å². The van der Waals surface area contributed by atoms with E-state index in [2.05, 4.69) is 85.4 Å². The summed E-state index contributed by atoms with van der Waals surface area (Å²) in [5.74, 6) is 1.89. The van der Waals surface area contributed by atoms with Gasteiger partial charge in [-0.15, -0.1) is 0 Å². The van der Waals surface area contributed by atoms with E-state index in [1.807, 2.05) is 11.1 Å². The van der Waals surface area contributed by atoms with Gasteiger partial charge in [-0.1, -0.05) is 78.6 Å². The molecule has 0 saturated heterocycles. The van der Waals surface area contributed by atoms with Crippen LogP contribution in [0.15, 0.2) is 16.3 Å². The van der Waals surface area contributed by atoms with Gasteiger partial charge in [-0.2, -0.15) is 0 Å². The highest BCUT2D eigenvalue weighted by atomic mass is 28.4. The summed E-state index contributed by atoms with van der Waals surface area (Å²) in [6.07, 6.45) is 12.2. The van der Waals surface area contributed by atoms with Crippen LogP contribution in [-0.2, 0) is 4.43 Å². The number of fused-ring (bicyclic) bond motifs is 4. The molecule has 2 saturated carbocycles. The first-order chi connectivity index (χ1) is 19.1. The molecule has 1 N–H and O–H groups in total. The third-order valence-corrected chi connectivity index (χ3v) is 19.1. The maximum atomic E-state index is 10.6. The zero-order valence-electron chi connectivity index (χ0n) is 29.7. The van der Waals surface area contributed by atoms with Crippen molar-refractivity contribution in [3.8, 4) is 0 Å². The van der Waals surface area contributed by atoms with Crippen LogP contribution in [0.25, 0.3) is 10.4 Å². The van der Waals surface area contributed by atoms with E-state index in [9.17, 15) is 5.11 Å². The molecule has 4 aliphatic rings. The molecule has 0 aromatic carbocycles. The molecule has 1 unspecified atom stereocenters. The molecule has 5 nitrogen and oxygen atoms in total. The molecule has 8 atom stereocenters. The van der Waals surface area contributed by atoms with E-state index in [-0.39, 0.29) is 27.3 Å². The van der Waals surface area contributed by atoms with E-state index in [4.69, 9.17) is 9.96 Å². The van der Waals surface area contributed by atoms with E-state index in [1.54, 1.807) is 13.8 Å². The van der Waals surface area contributed by atoms with Gasteiger partial charge in [0.05, 0.1) is 17.7 Å². The van der Waals surface area contributed by atoms with E-state index >= 15 is 0 Å². The fourth-order valence-electron chi connectivity index (χ4n) is 10.6. The molecular formula is C36H65N3O2Si. The number of aliphatic hydroxyl groups is 1. The number of allylic oxidation sites excluding steroid dienone is 2. The zero-order valence-corrected chi connectivity index (χ0v) is 30.7. The first-order valence-corrected chi connectivity index (χ1v) is 20.1. The Morgan fingerprint density at radius 2 is 1.60 bits per heavy atom. The molecule has 0 aromatic rings. The molecule has 0 amide bonds. The zero-order chi connectivity index (χ0) is 31.7. The minimum atomic E-state index is -1.83. The SMILES string of the molecule is C[C@H](CCC(N=[N+]=[N-])C(C)(C)O)[C@H]1CC[C@@]2(C)C3=C(CC[C@]12C)[C@@]1(C)CC[C@H](O[Si](C)(C)C(C)(C)C)C(C)(C)[C@@H]1CC3. The second-order valence-electron chi connectivity index (χ2n) is 18.5. The molecule has 0 bridgehead atoms. The third kappa shape index (κ3) is 5.37. The van der Waals surface area contributed by atoms with Crippen molar-refractivity contribution >= 4 is 8.32 Å². The smallest absolute Gasteiger partial charge is 0.192 e. The second-order valence-corrected chi connectivity index (χ2v) is 23.3. The highest BCUT2D eigenvalue weighted by Gasteiger charge is 2.63. The Bertz CT molecular complexity index is 1110. The van der Waals surface area contributed by atoms with Crippen LogP contribution in [0.1, 0.15) is 140 Å². The van der Waals surface area contributed by atoms with E-state index in [0.717, 1.165) is 12.8 Å². The summed E-state index contributed by atoms with van der Waals surface area (Å²) >= 11 is 0. The van der Waals surface area contributed by atoms with Crippen LogP contribution in [0.2, 0.25) is 18.1 Å². The van der Waals surface area contributed by atoms with Gasteiger partial charge in [0.25, 0.3) is 0 Å². The highest BCUT2D eigenvalue weighted by molar-refractivity contribution is 6.74. The standard InChI is InChI=1S/C36H65N3O2Si/c1-24(14-17-29(38-39-37)33(7,8)40)25-18-22-36(11)27-15-16-28-32(5,6)30(41-42(12,13)31(2,3)4)20-21-34(28,9)26(27)19-23-35(25,36)10/h24-25,28-30,40H,14-23H2,1-13H3/t24-,25-,28+,29?,30+,34-,35-,36+/m1/s1. The van der Waals surface area contributed by atoms with Gasteiger partial charge < -0.3 is 9.53 Å². The predicted octanol–water partition coefficient (Wildman–Crippen LogP) is 11.0. The van der Waals surface area contributed by atoms with Gasteiger partial charge in [0.2, 0.25) is 0 Å². The van der Waals surface area contributed by atoms with Crippen molar-refractivity contribution in [3.05, 3.63) is 21.6 Å². The molecule has 2 fully saturated rings. The van der Waals surface area contributed by atoms with Crippen molar-refractivity contribution in [1.82, 2.24) is 0 Å². The lowest BCUT2D eigenvalue weighted by molar-refractivity contribution is -0.0902. The number of hydrogen-bond acceptors (Lipinski definition) is 3. The lowest BCUT2D eigenvalue weighted by Crippen LogP contribution is -2.58. The van der Waals surface area contributed by atoms with Crippen LogP contribution in [0, 0.1) is 39.4 Å². The number of rotatable bonds is 8. The molecule has 0 heterocycles. The fourth-order valence-corrected chi connectivity index (χ4v) is 12.1. The minimum Gasteiger partial charge on any atom is -0.413 e. The van der Waals surface area contributed by atoms with Crippen molar-refractivity contribution in [1.29, 1.82) is 0 Å². The number of azide groups is 1. The van der Waals surface area contributed by atoms with Gasteiger partial charge in [0, 0.05) is 4.91 Å². The summed E-state index contributed by atoms with van der Waals surface area (Å²) in [4.78, 5) is 3.05. The maximum Gasteiger partial charge on any atom is 0.192 e. The molecule has 4 rings (SSSR count). The number of nitrogens with zero attached hydrogens (tertiary/aromatic N) is 3. The molecule has 42 heavy (non-hydrogen) atoms. The van der Waals surface area contributed by atoms with Crippen LogP contribution < -0.4 is 0 Å². The average molecular weight is 600 g/mol. The molecule has 6 heteroatoms. The molecule has 240 valence electrons. The molecule has 0 radical (unpaired) electrons. The Morgan fingerprint density at radius 3 is 2.17 bits per heavy atom. The number of hydrogen-bond donors (Lipinski definition) is 1. The Balaban J connectivity index is 1.58. The van der Waals surface area contributed by atoms with E-state index in [0.29, 0.717) is 29.3 Å². The van der Waals surface area contributed by atoms with Crippen LogP contribution in [-0.4, -0.2) is 31.2 Å². The Morgan fingerprint density at radius 1 is 0.952 bits per heavy atom. The summed E-state index contributed by atoms with van der Waals surface area (Å²) in [7, 11) is -1.83. The monoisotopic (exact) mass is 599 g/mol. The topological polar surface area (TPSA) is 78.2 Å². The molecule has 4 aliphatic carbocycles. The van der Waals surface area contributed by atoms with Crippen molar-refractivity contribution < 1.29 is 9.53 Å². The summed E-state index contributed by atoms with van der Waals surface area (Å²) in [6, 6.07) is -0.375. The van der Waals surface area contributed by atoms with E-state index in [1.165, 1.54) is 51.4 Å². The van der Waals surface area contributed by atoms with Crippen LogP contribution in [0.5, 0.6) is 0 Å². The van der Waals surface area contributed by atoms with Gasteiger partial charge in [0.1, 0.15) is 0 Å². The van der Waals surface area contributed by atoms with Crippen LogP contribution in [0.3, 0.4) is 0 Å². The lowest BCUT2D eigenvalue weighted by Gasteiger charge is -2.63. The predicted molar refractivity (Wildman–Crippen MR) is 179 cm³/mol. The first kappa shape index (κ1) is 34.1. The van der Waals surface area contributed by atoms with Gasteiger partial charge in [-0.3, -0.25) is 0 Å². The minimum absolute atomic E-state index is 0.179. The molecule has 0 spiro atoms. The lowest BCUT2D eigenvalue weighted by atomic mass is 9.43. The third-order valence-electron chi connectivity index (χ3n) is 14.6. The van der Waals surface area contributed by atoms with E-state index < -0.39 is 13.9 Å². The average Bonchev–Trinajstić information content (AvgIpc) is 3.13. The highest BCUT2D eigenvalue weighted by Crippen LogP contribution is 2.72. The van der Waals surface area contributed by atoms with Gasteiger partial charge in [-0.25, -0.2) is 0 Å². The van der Waals surface area contributed by atoms with Crippen LogP contribution in [0.4, 0.5) is 0 Å². The van der Waals surface area contributed by atoms with Gasteiger partial charge in [0.15, 0.2) is 8.32 Å². The molecular weight excluding hydrogens is 535 g/mol. The summed E-state index contributed by atoms with van der Waals surface area (Å²) in [5, 5.41) is 14.8. The fraction of sp³-hybridized carbons (Fsp3) is 0.944. The maximum absolute atomic E-state index is 10.6. The summed E-state index contributed by atoms with van der Waals surface area (Å²) in [6.45, 7) is 30.9.